The van der Waals surface area contributed by atoms with Crippen LogP contribution < -0.4 is 4.90 Å². The Balaban J connectivity index is 2.32. The van der Waals surface area contributed by atoms with Crippen LogP contribution in [0.5, 0.6) is 0 Å². The van der Waals surface area contributed by atoms with Gasteiger partial charge in [-0.25, -0.2) is 4.98 Å². The number of nitrogens with zero attached hydrogens (tertiary/aromatic N) is 2. The molecule has 1 fully saturated rings. The van der Waals surface area contributed by atoms with Crippen molar-refractivity contribution in [2.24, 2.45) is 0 Å². The summed E-state index contributed by atoms with van der Waals surface area (Å²) in [6.45, 7) is 8.85. The lowest BCUT2D eigenvalue weighted by Crippen LogP contribution is -2.53. The first-order valence-corrected chi connectivity index (χ1v) is 6.45. The number of alkyl halides is 1. The van der Waals surface area contributed by atoms with Gasteiger partial charge in [0.15, 0.2) is 0 Å². The highest BCUT2D eigenvalue weighted by atomic mass is 35.5. The van der Waals surface area contributed by atoms with Crippen LogP contribution in [0, 0.1) is 6.92 Å². The highest BCUT2D eigenvalue weighted by Crippen LogP contribution is 2.28. The number of rotatable bonds is 2. The van der Waals surface area contributed by atoms with Crippen molar-refractivity contribution in [1.82, 2.24) is 4.98 Å². The molecule has 0 aromatic carbocycles. The fourth-order valence-corrected chi connectivity index (χ4v) is 2.38. The van der Waals surface area contributed by atoms with Crippen molar-refractivity contribution in [3.63, 3.8) is 0 Å². The largest absolute Gasteiger partial charge is 0.377 e. The summed E-state index contributed by atoms with van der Waals surface area (Å²) in [5, 5.41) is 0. The molecule has 4 heteroatoms. The molecule has 1 saturated heterocycles. The van der Waals surface area contributed by atoms with Gasteiger partial charge in [-0.1, -0.05) is 0 Å². The van der Waals surface area contributed by atoms with Crippen LogP contribution in [-0.2, 0) is 10.6 Å². The Hall–Kier alpha value is -0.800. The van der Waals surface area contributed by atoms with E-state index in [2.05, 4.69) is 36.7 Å². The Morgan fingerprint density at radius 1 is 1.53 bits per heavy atom. The van der Waals surface area contributed by atoms with E-state index >= 15 is 0 Å². The topological polar surface area (TPSA) is 25.4 Å². The van der Waals surface area contributed by atoms with Crippen molar-refractivity contribution in [3.05, 3.63) is 23.4 Å². The monoisotopic (exact) mass is 254 g/mol. The summed E-state index contributed by atoms with van der Waals surface area (Å²) >= 11 is 5.82. The fraction of sp³-hybridized carbons (Fsp3) is 0.615. The molecular weight excluding hydrogens is 236 g/mol. The number of hydrogen-bond donors (Lipinski definition) is 0. The molecule has 0 unspecified atom stereocenters. The number of anilines is 1. The third kappa shape index (κ3) is 2.55. The minimum Gasteiger partial charge on any atom is -0.377 e. The van der Waals surface area contributed by atoms with Gasteiger partial charge in [0, 0.05) is 18.6 Å². The van der Waals surface area contributed by atoms with E-state index in [1.807, 2.05) is 6.20 Å². The van der Waals surface area contributed by atoms with Crippen LogP contribution in [0.15, 0.2) is 12.3 Å². The number of ether oxygens (including phenoxy) is 1. The molecule has 0 N–H and O–H groups in total. The van der Waals surface area contributed by atoms with Crippen molar-refractivity contribution in [1.29, 1.82) is 0 Å². The van der Waals surface area contributed by atoms with E-state index in [0.29, 0.717) is 5.88 Å². The van der Waals surface area contributed by atoms with Crippen LogP contribution in [0.25, 0.3) is 0 Å². The van der Waals surface area contributed by atoms with Crippen LogP contribution in [-0.4, -0.2) is 30.3 Å². The molecule has 1 aromatic rings. The van der Waals surface area contributed by atoms with Crippen LogP contribution in [0.4, 0.5) is 5.82 Å². The second-order valence-corrected chi connectivity index (χ2v) is 5.40. The molecular formula is C13H19ClN2O. The summed E-state index contributed by atoms with van der Waals surface area (Å²) < 4.78 is 5.53. The molecule has 1 aromatic heterocycles. The zero-order chi connectivity index (χ0) is 12.5. The molecule has 3 nitrogen and oxygen atoms in total. The second kappa shape index (κ2) is 4.83. The summed E-state index contributed by atoms with van der Waals surface area (Å²) in [5.41, 5.74) is 2.25. The van der Waals surface area contributed by atoms with Crippen LogP contribution >= 0.6 is 11.6 Å². The highest BCUT2D eigenvalue weighted by molar-refractivity contribution is 6.17. The Bertz CT molecular complexity index is 406. The fourth-order valence-electron chi connectivity index (χ4n) is 2.23. The number of pyridine rings is 1. The molecule has 1 aliphatic heterocycles. The number of halogens is 1. The zero-order valence-electron chi connectivity index (χ0n) is 10.7. The van der Waals surface area contributed by atoms with Crippen molar-refractivity contribution >= 4 is 17.4 Å². The van der Waals surface area contributed by atoms with Crippen molar-refractivity contribution in [2.75, 3.05) is 24.7 Å². The Kier molecular flexibility index (Phi) is 3.59. The summed E-state index contributed by atoms with van der Waals surface area (Å²) in [6.07, 6.45) is 1.86. The van der Waals surface area contributed by atoms with Crippen LogP contribution in [0.2, 0.25) is 0 Å². The molecule has 0 aliphatic carbocycles. The third-order valence-corrected chi connectivity index (χ3v) is 3.47. The van der Waals surface area contributed by atoms with E-state index in [1.54, 1.807) is 0 Å². The molecule has 2 heterocycles. The molecule has 0 bridgehead atoms. The molecule has 17 heavy (non-hydrogen) atoms. The number of aryl methyl sites for hydroxylation is 1. The Morgan fingerprint density at radius 3 is 2.88 bits per heavy atom. The first kappa shape index (κ1) is 12.7. The predicted octanol–water partition coefficient (Wildman–Crippen LogP) is 2.74. The van der Waals surface area contributed by atoms with Crippen LogP contribution in [0.3, 0.4) is 0 Å². The van der Waals surface area contributed by atoms with Gasteiger partial charge in [0.05, 0.1) is 18.8 Å². The molecule has 0 saturated carbocycles. The van der Waals surface area contributed by atoms with E-state index in [9.17, 15) is 0 Å². The molecule has 1 aliphatic rings. The van der Waals surface area contributed by atoms with Gasteiger partial charge in [0.25, 0.3) is 0 Å². The van der Waals surface area contributed by atoms with Gasteiger partial charge in [-0.2, -0.15) is 0 Å². The smallest absolute Gasteiger partial charge is 0.132 e. The van der Waals surface area contributed by atoms with E-state index in [1.165, 1.54) is 5.56 Å². The molecule has 0 amide bonds. The molecule has 2 rings (SSSR count). The maximum atomic E-state index is 5.82. The van der Waals surface area contributed by atoms with Gasteiger partial charge < -0.3 is 9.64 Å². The number of aromatic nitrogens is 1. The van der Waals surface area contributed by atoms with Crippen molar-refractivity contribution in [3.8, 4) is 0 Å². The van der Waals surface area contributed by atoms with Crippen molar-refractivity contribution in [2.45, 2.75) is 32.2 Å². The molecule has 94 valence electrons. The van der Waals surface area contributed by atoms with Crippen LogP contribution in [0.1, 0.15) is 25.0 Å². The molecule has 0 radical (unpaired) electrons. The SMILES string of the molecule is Cc1cc(CCl)cnc1N1CCOCC1(C)C. The van der Waals surface area contributed by atoms with Gasteiger partial charge in [-0.05, 0) is 38.0 Å². The van der Waals surface area contributed by atoms with E-state index in [4.69, 9.17) is 16.3 Å². The predicted molar refractivity (Wildman–Crippen MR) is 70.8 cm³/mol. The summed E-state index contributed by atoms with van der Waals surface area (Å²) in [6, 6.07) is 2.11. The Labute approximate surface area is 108 Å². The van der Waals surface area contributed by atoms with Gasteiger partial charge in [-0.3, -0.25) is 0 Å². The lowest BCUT2D eigenvalue weighted by molar-refractivity contribution is 0.0638. The average molecular weight is 255 g/mol. The highest BCUT2D eigenvalue weighted by Gasteiger charge is 2.32. The minimum absolute atomic E-state index is 0.00150. The third-order valence-electron chi connectivity index (χ3n) is 3.16. The van der Waals surface area contributed by atoms with E-state index < -0.39 is 0 Å². The number of hydrogen-bond acceptors (Lipinski definition) is 3. The summed E-state index contributed by atoms with van der Waals surface area (Å²) in [7, 11) is 0. The Morgan fingerprint density at radius 2 is 2.29 bits per heavy atom. The average Bonchev–Trinajstić information content (AvgIpc) is 2.29. The quantitative estimate of drug-likeness (QED) is 0.759. The van der Waals surface area contributed by atoms with E-state index in [-0.39, 0.29) is 5.54 Å². The van der Waals surface area contributed by atoms with Crippen molar-refractivity contribution < 1.29 is 4.74 Å². The van der Waals surface area contributed by atoms with Gasteiger partial charge >= 0.3 is 0 Å². The van der Waals surface area contributed by atoms with E-state index in [0.717, 1.165) is 31.1 Å². The summed E-state index contributed by atoms with van der Waals surface area (Å²) in [5.74, 6) is 1.56. The summed E-state index contributed by atoms with van der Waals surface area (Å²) in [4.78, 5) is 6.88. The maximum Gasteiger partial charge on any atom is 0.132 e. The van der Waals surface area contributed by atoms with Gasteiger partial charge in [0.1, 0.15) is 5.82 Å². The lowest BCUT2D eigenvalue weighted by Gasteiger charge is -2.43. The second-order valence-electron chi connectivity index (χ2n) is 5.13. The molecule has 0 spiro atoms. The van der Waals surface area contributed by atoms with Gasteiger partial charge in [-0.15, -0.1) is 11.6 Å². The lowest BCUT2D eigenvalue weighted by atomic mass is 10.0. The first-order valence-electron chi connectivity index (χ1n) is 5.91. The van der Waals surface area contributed by atoms with Gasteiger partial charge in [0.2, 0.25) is 0 Å². The minimum atomic E-state index is -0.00150. The normalized spacial score (nSPS) is 19.4. The standard InChI is InChI=1S/C13H19ClN2O/c1-10-6-11(7-14)8-15-12(10)16-4-5-17-9-13(16,2)3/h6,8H,4-5,7,9H2,1-3H3. The first-order chi connectivity index (χ1) is 8.04. The molecule has 0 atom stereocenters. The zero-order valence-corrected chi connectivity index (χ0v) is 11.4. The number of morpholine rings is 1. The maximum absolute atomic E-state index is 5.82.